The van der Waals surface area contributed by atoms with Crippen molar-refractivity contribution in [2.75, 3.05) is 5.73 Å². The van der Waals surface area contributed by atoms with E-state index in [4.69, 9.17) is 5.73 Å². The molecule has 0 aliphatic carbocycles. The molecule has 0 fully saturated rings. The second-order valence-corrected chi connectivity index (χ2v) is 6.51. The summed E-state index contributed by atoms with van der Waals surface area (Å²) in [5, 5.41) is 0. The van der Waals surface area contributed by atoms with E-state index in [-0.39, 0.29) is 11.5 Å². The SMILES string of the molecule is CC(C)n1c(C(C)(C)C)nc(-c2ccc(F)c(F)c2)c1N. The summed E-state index contributed by atoms with van der Waals surface area (Å²) in [6, 6.07) is 3.85. The average Bonchev–Trinajstić information content (AvgIpc) is 2.70. The van der Waals surface area contributed by atoms with Gasteiger partial charge in [-0.3, -0.25) is 0 Å². The first kappa shape index (κ1) is 15.5. The van der Waals surface area contributed by atoms with Crippen LogP contribution in [-0.2, 0) is 5.41 Å². The summed E-state index contributed by atoms with van der Waals surface area (Å²) in [6.45, 7) is 10.2. The second-order valence-electron chi connectivity index (χ2n) is 6.51. The van der Waals surface area contributed by atoms with Gasteiger partial charge in [0.15, 0.2) is 11.6 Å². The molecule has 0 unspecified atom stereocenters. The van der Waals surface area contributed by atoms with Crippen LogP contribution >= 0.6 is 0 Å². The molecule has 0 aliphatic rings. The van der Waals surface area contributed by atoms with Crippen molar-refractivity contribution in [1.29, 1.82) is 0 Å². The maximum Gasteiger partial charge on any atom is 0.159 e. The molecule has 0 saturated heterocycles. The van der Waals surface area contributed by atoms with Crippen molar-refractivity contribution < 1.29 is 8.78 Å². The van der Waals surface area contributed by atoms with E-state index in [0.29, 0.717) is 17.1 Å². The van der Waals surface area contributed by atoms with Crippen LogP contribution in [0.5, 0.6) is 0 Å². The molecular weight excluding hydrogens is 272 g/mol. The zero-order valence-corrected chi connectivity index (χ0v) is 13.0. The predicted molar refractivity (Wildman–Crippen MR) is 81.1 cm³/mol. The highest BCUT2D eigenvalue weighted by Crippen LogP contribution is 2.34. The third kappa shape index (κ3) is 2.77. The van der Waals surface area contributed by atoms with Gasteiger partial charge in [0.05, 0.1) is 0 Å². The second kappa shape index (κ2) is 5.13. The molecule has 2 aromatic rings. The Hall–Kier alpha value is -1.91. The fourth-order valence-electron chi connectivity index (χ4n) is 2.35. The molecule has 2 N–H and O–H groups in total. The number of imidazole rings is 1. The Kier molecular flexibility index (Phi) is 3.78. The summed E-state index contributed by atoms with van der Waals surface area (Å²) in [5.41, 5.74) is 6.98. The van der Waals surface area contributed by atoms with Gasteiger partial charge in [-0.1, -0.05) is 20.8 Å². The lowest BCUT2D eigenvalue weighted by atomic mass is 9.95. The van der Waals surface area contributed by atoms with Gasteiger partial charge >= 0.3 is 0 Å². The first-order valence-corrected chi connectivity index (χ1v) is 6.96. The molecule has 1 heterocycles. The molecule has 1 aromatic carbocycles. The molecular formula is C16H21F2N3. The minimum Gasteiger partial charge on any atom is -0.383 e. The topological polar surface area (TPSA) is 43.8 Å². The Morgan fingerprint density at radius 2 is 1.76 bits per heavy atom. The fraction of sp³-hybridized carbons (Fsp3) is 0.438. The summed E-state index contributed by atoms with van der Waals surface area (Å²) in [7, 11) is 0. The Morgan fingerprint density at radius 1 is 1.14 bits per heavy atom. The van der Waals surface area contributed by atoms with Crippen LogP contribution in [0, 0.1) is 11.6 Å². The van der Waals surface area contributed by atoms with E-state index in [0.717, 1.165) is 18.0 Å². The van der Waals surface area contributed by atoms with Crippen LogP contribution in [0.4, 0.5) is 14.6 Å². The van der Waals surface area contributed by atoms with Crippen LogP contribution in [-0.4, -0.2) is 9.55 Å². The maximum absolute atomic E-state index is 13.4. The number of anilines is 1. The largest absolute Gasteiger partial charge is 0.383 e. The van der Waals surface area contributed by atoms with E-state index < -0.39 is 11.6 Å². The minimum absolute atomic E-state index is 0.130. The zero-order chi connectivity index (χ0) is 15.9. The smallest absolute Gasteiger partial charge is 0.159 e. The molecule has 0 aliphatic heterocycles. The minimum atomic E-state index is -0.900. The molecule has 114 valence electrons. The van der Waals surface area contributed by atoms with Gasteiger partial charge in [0.25, 0.3) is 0 Å². The number of benzene rings is 1. The Morgan fingerprint density at radius 3 is 2.19 bits per heavy atom. The molecule has 5 heteroatoms. The lowest BCUT2D eigenvalue weighted by Gasteiger charge is -2.22. The normalized spacial score (nSPS) is 12.2. The van der Waals surface area contributed by atoms with Crippen molar-refractivity contribution in [2.45, 2.75) is 46.1 Å². The predicted octanol–water partition coefficient (Wildman–Crippen LogP) is 4.29. The van der Waals surface area contributed by atoms with E-state index in [9.17, 15) is 8.78 Å². The van der Waals surface area contributed by atoms with Crippen molar-refractivity contribution >= 4 is 5.82 Å². The van der Waals surface area contributed by atoms with E-state index in [2.05, 4.69) is 4.98 Å². The lowest BCUT2D eigenvalue weighted by molar-refractivity contribution is 0.473. The van der Waals surface area contributed by atoms with Gasteiger partial charge in [0, 0.05) is 17.0 Å². The first-order chi connectivity index (χ1) is 9.62. The van der Waals surface area contributed by atoms with Crippen molar-refractivity contribution in [3.05, 3.63) is 35.7 Å². The quantitative estimate of drug-likeness (QED) is 0.897. The van der Waals surface area contributed by atoms with Crippen molar-refractivity contribution in [3.8, 4) is 11.3 Å². The van der Waals surface area contributed by atoms with E-state index in [1.165, 1.54) is 6.07 Å². The Labute approximate surface area is 123 Å². The fourth-order valence-corrected chi connectivity index (χ4v) is 2.35. The Balaban J connectivity index is 2.68. The molecule has 0 spiro atoms. The van der Waals surface area contributed by atoms with E-state index in [1.54, 1.807) is 0 Å². The highest BCUT2D eigenvalue weighted by atomic mass is 19.2. The van der Waals surface area contributed by atoms with E-state index >= 15 is 0 Å². The summed E-state index contributed by atoms with van der Waals surface area (Å²) in [4.78, 5) is 4.59. The maximum atomic E-state index is 13.4. The number of rotatable bonds is 2. The molecule has 0 radical (unpaired) electrons. The summed E-state index contributed by atoms with van der Waals surface area (Å²) in [5.74, 6) is -0.476. The molecule has 3 nitrogen and oxygen atoms in total. The van der Waals surface area contributed by atoms with Gasteiger partial charge in [-0.25, -0.2) is 13.8 Å². The summed E-state index contributed by atoms with van der Waals surface area (Å²) in [6.07, 6.45) is 0. The molecule has 1 aromatic heterocycles. The van der Waals surface area contributed by atoms with Gasteiger partial charge in [0.1, 0.15) is 17.3 Å². The van der Waals surface area contributed by atoms with Crippen molar-refractivity contribution in [3.63, 3.8) is 0 Å². The van der Waals surface area contributed by atoms with Crippen molar-refractivity contribution in [2.24, 2.45) is 0 Å². The number of aromatic nitrogens is 2. The van der Waals surface area contributed by atoms with Crippen LogP contribution in [0.1, 0.15) is 46.5 Å². The average molecular weight is 293 g/mol. The zero-order valence-electron chi connectivity index (χ0n) is 13.0. The third-order valence-corrected chi connectivity index (χ3v) is 3.33. The van der Waals surface area contributed by atoms with Crippen LogP contribution in [0.25, 0.3) is 11.3 Å². The third-order valence-electron chi connectivity index (χ3n) is 3.33. The van der Waals surface area contributed by atoms with Crippen LogP contribution in [0.3, 0.4) is 0 Å². The van der Waals surface area contributed by atoms with E-state index in [1.807, 2.05) is 39.2 Å². The first-order valence-electron chi connectivity index (χ1n) is 6.96. The van der Waals surface area contributed by atoms with Gasteiger partial charge in [-0.15, -0.1) is 0 Å². The number of hydrogen-bond donors (Lipinski definition) is 1. The molecule has 0 saturated carbocycles. The highest BCUT2D eigenvalue weighted by Gasteiger charge is 2.26. The number of hydrogen-bond acceptors (Lipinski definition) is 2. The standard InChI is InChI=1S/C16H21F2N3/c1-9(2)21-14(19)13(20-15(21)16(3,4)5)10-6-7-11(17)12(18)8-10/h6-9H,19H2,1-5H3. The van der Waals surface area contributed by atoms with Gasteiger partial charge in [-0.2, -0.15) is 0 Å². The van der Waals surface area contributed by atoms with Crippen LogP contribution < -0.4 is 5.73 Å². The monoisotopic (exact) mass is 293 g/mol. The number of nitrogens with zero attached hydrogens (tertiary/aromatic N) is 2. The van der Waals surface area contributed by atoms with Gasteiger partial charge in [0.2, 0.25) is 0 Å². The number of nitrogens with two attached hydrogens (primary N) is 1. The molecule has 0 atom stereocenters. The summed E-state index contributed by atoms with van der Waals surface area (Å²) < 4.78 is 28.5. The lowest BCUT2D eigenvalue weighted by Crippen LogP contribution is -2.21. The molecule has 21 heavy (non-hydrogen) atoms. The highest BCUT2D eigenvalue weighted by molar-refractivity contribution is 5.71. The number of nitrogen functional groups attached to an aromatic ring is 1. The molecule has 0 bridgehead atoms. The van der Waals surface area contributed by atoms with Gasteiger partial charge in [-0.05, 0) is 32.0 Å². The van der Waals surface area contributed by atoms with Crippen LogP contribution in [0.2, 0.25) is 0 Å². The Bertz CT molecular complexity index is 667. The number of halogens is 2. The van der Waals surface area contributed by atoms with Gasteiger partial charge < -0.3 is 10.3 Å². The summed E-state index contributed by atoms with van der Waals surface area (Å²) >= 11 is 0. The van der Waals surface area contributed by atoms with Crippen LogP contribution in [0.15, 0.2) is 18.2 Å². The molecule has 0 amide bonds. The molecule has 2 rings (SSSR count). The van der Waals surface area contributed by atoms with Crippen molar-refractivity contribution in [1.82, 2.24) is 9.55 Å².